The Balaban J connectivity index is 2.51. The zero-order valence-electron chi connectivity index (χ0n) is 10.8. The number of amides is 1. The molecule has 0 aromatic carbocycles. The van der Waals surface area contributed by atoms with E-state index < -0.39 is 33.8 Å². The molecule has 0 aromatic rings. The number of carbonyl (C=O) groups is 2. The Morgan fingerprint density at radius 1 is 1.37 bits per heavy atom. The van der Waals surface area contributed by atoms with E-state index in [1.54, 1.807) is 18.6 Å². The van der Waals surface area contributed by atoms with Crippen LogP contribution in [-0.4, -0.2) is 38.2 Å². The molecule has 0 spiro atoms. The molecule has 1 amide bonds. The summed E-state index contributed by atoms with van der Waals surface area (Å²) < 4.78 is 31.4. The third kappa shape index (κ3) is 4.35. The van der Waals surface area contributed by atoms with E-state index in [1.165, 1.54) is 0 Å². The van der Waals surface area contributed by atoms with Crippen LogP contribution in [0.25, 0.3) is 0 Å². The summed E-state index contributed by atoms with van der Waals surface area (Å²) in [5.74, 6) is -1.04. The monoisotopic (exact) mass is 294 g/mol. The number of rotatable bonds is 6. The van der Waals surface area contributed by atoms with Crippen molar-refractivity contribution in [3.63, 3.8) is 0 Å². The minimum Gasteiger partial charge on any atom is -0.481 e. The Morgan fingerprint density at radius 3 is 2.32 bits per heavy atom. The number of nitrogens with one attached hydrogen (secondary N) is 2. The van der Waals surface area contributed by atoms with Gasteiger partial charge in [-0.05, 0) is 26.7 Å². The third-order valence-electron chi connectivity index (χ3n) is 2.93. The van der Waals surface area contributed by atoms with E-state index >= 15 is 0 Å². The summed E-state index contributed by atoms with van der Waals surface area (Å²) in [5, 5.41) is 9.03. The van der Waals surface area contributed by atoms with E-state index in [4.69, 9.17) is 5.11 Å². The molecule has 1 rings (SSSR count). The average molecular weight is 294 g/mol. The van der Waals surface area contributed by atoms with Crippen molar-refractivity contribution in [3.8, 4) is 0 Å². The highest BCUT2D eigenvalue weighted by Gasteiger charge is 2.45. The van der Waals surface area contributed by atoms with E-state index in [9.17, 15) is 18.0 Å². The molecule has 1 fully saturated rings. The van der Waals surface area contributed by atoms with Gasteiger partial charge in [0.15, 0.2) is 0 Å². The lowest BCUT2D eigenvalue weighted by Crippen LogP contribution is -2.50. The van der Waals surface area contributed by atoms with Crippen molar-refractivity contribution in [2.45, 2.75) is 39.2 Å². The lowest BCUT2D eigenvalue weighted by atomic mass is 9.69. The maximum absolute atomic E-state index is 11.5. The average Bonchev–Trinajstić information content (AvgIpc) is 2.11. The molecule has 0 saturated heterocycles. The number of hydrogen-bond acceptors (Lipinski definition) is 5. The minimum atomic E-state index is -4.11. The first-order valence-electron chi connectivity index (χ1n) is 5.88. The second-order valence-corrected chi connectivity index (χ2v) is 6.32. The molecule has 9 heteroatoms. The van der Waals surface area contributed by atoms with Gasteiger partial charge in [0.1, 0.15) is 0 Å². The molecule has 8 nitrogen and oxygen atoms in total. The minimum absolute atomic E-state index is 0.243. The Kier molecular flexibility index (Phi) is 4.75. The molecule has 19 heavy (non-hydrogen) atoms. The van der Waals surface area contributed by atoms with Crippen LogP contribution in [0.1, 0.15) is 33.1 Å². The topological polar surface area (TPSA) is 122 Å². The van der Waals surface area contributed by atoms with Crippen LogP contribution in [0.15, 0.2) is 0 Å². The standard InChI is InChI=1S/C10H18N2O6S/c1-7(2)18-9(15)12-19(16,17)11-6-10(8(13)14)4-3-5-10/h7,11H,3-6H2,1-2H3,(H,12,15)(H,13,14). The zero-order chi connectivity index (χ0) is 14.7. The number of carboxylic acid groups (broad SMARTS) is 1. The molecule has 110 valence electrons. The molecule has 1 saturated carbocycles. The normalized spacial score (nSPS) is 17.6. The predicted molar refractivity (Wildman–Crippen MR) is 65.6 cm³/mol. The molecule has 0 atom stereocenters. The maximum atomic E-state index is 11.5. The molecule has 0 heterocycles. The summed E-state index contributed by atoms with van der Waals surface area (Å²) >= 11 is 0. The van der Waals surface area contributed by atoms with Gasteiger partial charge in [-0.2, -0.15) is 13.1 Å². The molecular formula is C10H18N2O6S. The van der Waals surface area contributed by atoms with Crippen molar-refractivity contribution >= 4 is 22.3 Å². The highest BCUT2D eigenvalue weighted by molar-refractivity contribution is 7.88. The first kappa shape index (κ1) is 15.7. The lowest BCUT2D eigenvalue weighted by Gasteiger charge is -2.37. The van der Waals surface area contributed by atoms with Crippen molar-refractivity contribution in [2.75, 3.05) is 6.54 Å². The summed E-state index contributed by atoms with van der Waals surface area (Å²) in [6.07, 6.45) is 0.0343. The molecule has 0 radical (unpaired) electrons. The molecule has 0 aromatic heterocycles. The predicted octanol–water partition coefficient (Wildman–Crippen LogP) is 0.210. The zero-order valence-corrected chi connectivity index (χ0v) is 11.6. The van der Waals surface area contributed by atoms with Crippen LogP contribution in [0.4, 0.5) is 4.79 Å². The SMILES string of the molecule is CC(C)OC(=O)NS(=O)(=O)NCC1(C(=O)O)CCC1. The third-order valence-corrected chi connectivity index (χ3v) is 3.89. The van der Waals surface area contributed by atoms with Gasteiger partial charge in [0.2, 0.25) is 0 Å². The second-order valence-electron chi connectivity index (χ2n) is 4.82. The smallest absolute Gasteiger partial charge is 0.422 e. The summed E-state index contributed by atoms with van der Waals surface area (Å²) in [7, 11) is -4.11. The van der Waals surface area contributed by atoms with Crippen LogP contribution in [0, 0.1) is 5.41 Å². The molecule has 3 N–H and O–H groups in total. The number of ether oxygens (including phenoxy) is 1. The fourth-order valence-electron chi connectivity index (χ4n) is 1.69. The Morgan fingerprint density at radius 2 is 1.95 bits per heavy atom. The summed E-state index contributed by atoms with van der Waals surface area (Å²) in [6, 6.07) is 0. The maximum Gasteiger partial charge on any atom is 0.422 e. The van der Waals surface area contributed by atoms with Crippen LogP contribution in [0.5, 0.6) is 0 Å². The fraction of sp³-hybridized carbons (Fsp3) is 0.800. The molecule has 1 aliphatic rings. The Labute approximate surface area is 111 Å². The van der Waals surface area contributed by atoms with Crippen LogP contribution in [0.2, 0.25) is 0 Å². The van der Waals surface area contributed by atoms with Crippen molar-refractivity contribution in [2.24, 2.45) is 5.41 Å². The molecular weight excluding hydrogens is 276 g/mol. The quantitative estimate of drug-likeness (QED) is 0.643. The van der Waals surface area contributed by atoms with E-state index in [2.05, 4.69) is 9.46 Å². The van der Waals surface area contributed by atoms with Crippen molar-refractivity contribution < 1.29 is 27.9 Å². The van der Waals surface area contributed by atoms with Gasteiger partial charge in [-0.15, -0.1) is 0 Å². The van der Waals surface area contributed by atoms with Crippen LogP contribution in [0.3, 0.4) is 0 Å². The van der Waals surface area contributed by atoms with Crippen LogP contribution < -0.4 is 9.44 Å². The van der Waals surface area contributed by atoms with Gasteiger partial charge in [-0.25, -0.2) is 9.52 Å². The van der Waals surface area contributed by atoms with Gasteiger partial charge in [-0.3, -0.25) is 4.79 Å². The van der Waals surface area contributed by atoms with E-state index in [1.807, 2.05) is 0 Å². The van der Waals surface area contributed by atoms with Crippen molar-refractivity contribution in [3.05, 3.63) is 0 Å². The number of carbonyl (C=O) groups excluding carboxylic acids is 1. The van der Waals surface area contributed by atoms with E-state index in [0.29, 0.717) is 12.8 Å². The summed E-state index contributed by atoms with van der Waals surface area (Å²) in [5.41, 5.74) is -1.06. The summed E-state index contributed by atoms with van der Waals surface area (Å²) in [6.45, 7) is 2.91. The van der Waals surface area contributed by atoms with Crippen molar-refractivity contribution in [1.82, 2.24) is 9.44 Å². The highest BCUT2D eigenvalue weighted by atomic mass is 32.2. The highest BCUT2D eigenvalue weighted by Crippen LogP contribution is 2.40. The van der Waals surface area contributed by atoms with Gasteiger partial charge in [0, 0.05) is 6.54 Å². The van der Waals surface area contributed by atoms with Gasteiger partial charge >= 0.3 is 22.3 Å². The molecule has 0 unspecified atom stereocenters. The van der Waals surface area contributed by atoms with Gasteiger partial charge in [0.05, 0.1) is 11.5 Å². The lowest BCUT2D eigenvalue weighted by molar-refractivity contribution is -0.153. The number of aliphatic carboxylic acids is 1. The van der Waals surface area contributed by atoms with Gasteiger partial charge in [-0.1, -0.05) is 6.42 Å². The largest absolute Gasteiger partial charge is 0.481 e. The summed E-state index contributed by atoms with van der Waals surface area (Å²) in [4.78, 5) is 22.2. The van der Waals surface area contributed by atoms with Crippen molar-refractivity contribution in [1.29, 1.82) is 0 Å². The van der Waals surface area contributed by atoms with Gasteiger partial charge in [0.25, 0.3) is 0 Å². The number of hydrogen-bond donors (Lipinski definition) is 3. The molecule has 0 aliphatic heterocycles. The first-order valence-corrected chi connectivity index (χ1v) is 7.37. The van der Waals surface area contributed by atoms with E-state index in [-0.39, 0.29) is 6.54 Å². The van der Waals surface area contributed by atoms with Crippen LogP contribution >= 0.6 is 0 Å². The van der Waals surface area contributed by atoms with Crippen LogP contribution in [-0.2, 0) is 19.7 Å². The molecule has 0 bridgehead atoms. The number of carboxylic acids is 1. The fourth-order valence-corrected chi connectivity index (χ4v) is 2.49. The Hall–Kier alpha value is -1.35. The first-order chi connectivity index (χ1) is 8.67. The van der Waals surface area contributed by atoms with E-state index in [0.717, 1.165) is 6.42 Å². The Bertz CT molecular complexity index is 455. The molecule has 1 aliphatic carbocycles. The van der Waals surface area contributed by atoms with Gasteiger partial charge < -0.3 is 9.84 Å². The second kappa shape index (κ2) is 5.74.